The number of ether oxygens (including phenoxy) is 1. The molecule has 25 heavy (non-hydrogen) atoms. The van der Waals surface area contributed by atoms with E-state index in [0.29, 0.717) is 0 Å². The van der Waals surface area contributed by atoms with Gasteiger partial charge in [0.05, 0.1) is 0 Å². The lowest BCUT2D eigenvalue weighted by atomic mass is 10.0. The van der Waals surface area contributed by atoms with Crippen molar-refractivity contribution in [1.29, 1.82) is 0 Å². The molecule has 1 nitrogen and oxygen atoms in total. The third kappa shape index (κ3) is 18.8. The van der Waals surface area contributed by atoms with E-state index in [-0.39, 0.29) is 0 Å². The van der Waals surface area contributed by atoms with Crippen molar-refractivity contribution < 1.29 is 4.74 Å². The standard InChI is InChI=1S/C16H28O.C8H12/c1-3-5-7-8-9-10-11-12-13-14-16-17-15-6-4-2;1-2-8-6-4-3-5-7-8/h3,5,7-9H,1,4,6,10-16H2,2H3;2,6H,1,3-5,7H2. The molecule has 0 fully saturated rings. The molecule has 1 aliphatic rings. The summed E-state index contributed by atoms with van der Waals surface area (Å²) in [7, 11) is 0. The Morgan fingerprint density at radius 3 is 2.40 bits per heavy atom. The van der Waals surface area contributed by atoms with Crippen molar-refractivity contribution >= 4 is 0 Å². The number of unbranched alkanes of at least 4 members (excludes halogenated alkanes) is 5. The number of allylic oxidation sites excluding steroid dienone is 8. The molecule has 0 atom stereocenters. The molecule has 0 unspecified atom stereocenters. The quantitative estimate of drug-likeness (QED) is 0.245. The number of rotatable bonds is 13. The summed E-state index contributed by atoms with van der Waals surface area (Å²) in [6.45, 7) is 11.4. The van der Waals surface area contributed by atoms with Crippen LogP contribution in [0.15, 0.2) is 61.3 Å². The summed E-state index contributed by atoms with van der Waals surface area (Å²) >= 11 is 0. The molecule has 0 saturated heterocycles. The molecule has 142 valence electrons. The van der Waals surface area contributed by atoms with Gasteiger partial charge in [-0.1, -0.05) is 87.4 Å². The highest BCUT2D eigenvalue weighted by molar-refractivity contribution is 5.17. The largest absolute Gasteiger partial charge is 0.381 e. The summed E-state index contributed by atoms with van der Waals surface area (Å²) in [5.41, 5.74) is 1.44. The molecule has 0 saturated carbocycles. The van der Waals surface area contributed by atoms with E-state index in [0.717, 1.165) is 13.2 Å². The van der Waals surface area contributed by atoms with E-state index >= 15 is 0 Å². The highest BCUT2D eigenvalue weighted by atomic mass is 16.5. The van der Waals surface area contributed by atoms with Gasteiger partial charge >= 0.3 is 0 Å². The minimum Gasteiger partial charge on any atom is -0.381 e. The van der Waals surface area contributed by atoms with Gasteiger partial charge in [0, 0.05) is 13.2 Å². The van der Waals surface area contributed by atoms with Gasteiger partial charge < -0.3 is 4.74 Å². The van der Waals surface area contributed by atoms with Crippen molar-refractivity contribution in [2.45, 2.75) is 77.6 Å². The molecule has 0 spiro atoms. The third-order valence-electron chi connectivity index (χ3n) is 4.13. The second kappa shape index (κ2) is 20.7. The van der Waals surface area contributed by atoms with E-state index in [1.165, 1.54) is 76.2 Å². The van der Waals surface area contributed by atoms with Gasteiger partial charge in [-0.15, -0.1) is 0 Å². The number of hydrogen-bond acceptors (Lipinski definition) is 1. The van der Waals surface area contributed by atoms with Crippen LogP contribution in [-0.2, 0) is 4.74 Å². The normalized spacial score (nSPS) is 14.2. The van der Waals surface area contributed by atoms with Gasteiger partial charge in [-0.2, -0.15) is 0 Å². The lowest BCUT2D eigenvalue weighted by molar-refractivity contribution is 0.127. The van der Waals surface area contributed by atoms with Crippen LogP contribution in [-0.4, -0.2) is 13.2 Å². The fourth-order valence-corrected chi connectivity index (χ4v) is 2.53. The molecule has 0 aromatic heterocycles. The van der Waals surface area contributed by atoms with Crippen molar-refractivity contribution in [2.24, 2.45) is 0 Å². The predicted molar refractivity (Wildman–Crippen MR) is 114 cm³/mol. The van der Waals surface area contributed by atoms with Crippen LogP contribution in [0.1, 0.15) is 77.6 Å². The van der Waals surface area contributed by atoms with Gasteiger partial charge in [0.2, 0.25) is 0 Å². The van der Waals surface area contributed by atoms with Crippen LogP contribution in [0, 0.1) is 0 Å². The van der Waals surface area contributed by atoms with Crippen molar-refractivity contribution in [1.82, 2.24) is 0 Å². The van der Waals surface area contributed by atoms with Crippen molar-refractivity contribution in [3.63, 3.8) is 0 Å². The Morgan fingerprint density at radius 1 is 0.960 bits per heavy atom. The maximum absolute atomic E-state index is 5.51. The smallest absolute Gasteiger partial charge is 0.0466 e. The lowest BCUT2D eigenvalue weighted by Gasteiger charge is -2.06. The van der Waals surface area contributed by atoms with Crippen LogP contribution in [0.3, 0.4) is 0 Å². The Hall–Kier alpha value is -1.34. The second-order valence-electron chi connectivity index (χ2n) is 6.45. The topological polar surface area (TPSA) is 9.23 Å². The van der Waals surface area contributed by atoms with E-state index in [9.17, 15) is 0 Å². The first-order valence-electron chi connectivity index (χ1n) is 10.2. The lowest BCUT2D eigenvalue weighted by Crippen LogP contribution is -1.96. The van der Waals surface area contributed by atoms with Crippen LogP contribution >= 0.6 is 0 Å². The fraction of sp³-hybridized carbons (Fsp3) is 0.583. The molecule has 0 bridgehead atoms. The van der Waals surface area contributed by atoms with E-state index in [1.54, 1.807) is 6.08 Å². The van der Waals surface area contributed by atoms with Crippen molar-refractivity contribution in [3.05, 3.63) is 61.3 Å². The Kier molecular flexibility index (Phi) is 19.6. The Bertz CT molecular complexity index is 387. The van der Waals surface area contributed by atoms with Crippen LogP contribution in [0.5, 0.6) is 0 Å². The van der Waals surface area contributed by atoms with Gasteiger partial charge in [-0.05, 0) is 51.4 Å². The summed E-state index contributed by atoms with van der Waals surface area (Å²) in [5, 5.41) is 0. The zero-order chi connectivity index (χ0) is 18.4. The zero-order valence-corrected chi connectivity index (χ0v) is 16.6. The van der Waals surface area contributed by atoms with Crippen LogP contribution in [0.4, 0.5) is 0 Å². The van der Waals surface area contributed by atoms with Gasteiger partial charge in [-0.3, -0.25) is 0 Å². The molecule has 0 amide bonds. The summed E-state index contributed by atoms with van der Waals surface area (Å²) < 4.78 is 5.51. The molecule has 1 heteroatoms. The van der Waals surface area contributed by atoms with Crippen molar-refractivity contribution in [2.75, 3.05) is 13.2 Å². The highest BCUT2D eigenvalue weighted by Gasteiger charge is 1.97. The zero-order valence-electron chi connectivity index (χ0n) is 16.6. The first kappa shape index (κ1) is 23.7. The summed E-state index contributed by atoms with van der Waals surface area (Å²) in [6.07, 6.45) is 28.3. The third-order valence-corrected chi connectivity index (χ3v) is 4.13. The minimum atomic E-state index is 0.939. The van der Waals surface area contributed by atoms with Gasteiger partial charge in [0.15, 0.2) is 0 Å². The van der Waals surface area contributed by atoms with E-state index in [1.807, 2.05) is 18.2 Å². The van der Waals surface area contributed by atoms with E-state index < -0.39 is 0 Å². The summed E-state index contributed by atoms with van der Waals surface area (Å²) in [4.78, 5) is 0. The molecule has 0 aliphatic heterocycles. The molecule has 0 N–H and O–H groups in total. The van der Waals surface area contributed by atoms with Crippen LogP contribution in [0.25, 0.3) is 0 Å². The maximum Gasteiger partial charge on any atom is 0.0466 e. The average molecular weight is 345 g/mol. The number of hydrogen-bond donors (Lipinski definition) is 0. The molecular formula is C24H40O. The van der Waals surface area contributed by atoms with Gasteiger partial charge in [0.25, 0.3) is 0 Å². The minimum absolute atomic E-state index is 0.939. The Balaban J connectivity index is 0.000000593. The fourth-order valence-electron chi connectivity index (χ4n) is 2.53. The predicted octanol–water partition coefficient (Wildman–Crippen LogP) is 7.72. The Morgan fingerprint density at radius 2 is 1.76 bits per heavy atom. The van der Waals surface area contributed by atoms with E-state index in [2.05, 4.69) is 38.3 Å². The van der Waals surface area contributed by atoms with E-state index in [4.69, 9.17) is 4.74 Å². The SMILES string of the molecule is C=CC1=CCCCC1.C=CC=CC=CCCCCCCOCCCC. The van der Waals surface area contributed by atoms with Crippen LogP contribution in [0.2, 0.25) is 0 Å². The summed E-state index contributed by atoms with van der Waals surface area (Å²) in [5.74, 6) is 0. The molecule has 1 rings (SSSR count). The Labute approximate surface area is 157 Å². The van der Waals surface area contributed by atoms with Crippen LogP contribution < -0.4 is 0 Å². The maximum atomic E-state index is 5.51. The molecule has 0 radical (unpaired) electrons. The molecule has 0 aromatic carbocycles. The van der Waals surface area contributed by atoms with Gasteiger partial charge in [0.1, 0.15) is 0 Å². The molecule has 0 aromatic rings. The summed E-state index contributed by atoms with van der Waals surface area (Å²) in [6, 6.07) is 0. The second-order valence-corrected chi connectivity index (χ2v) is 6.45. The highest BCUT2D eigenvalue weighted by Crippen LogP contribution is 2.17. The molecular weight excluding hydrogens is 304 g/mol. The van der Waals surface area contributed by atoms with Gasteiger partial charge in [-0.25, -0.2) is 0 Å². The average Bonchev–Trinajstić information content (AvgIpc) is 2.67. The first-order chi connectivity index (χ1) is 12.3. The first-order valence-corrected chi connectivity index (χ1v) is 10.2. The molecule has 0 heterocycles. The monoisotopic (exact) mass is 344 g/mol. The van der Waals surface area contributed by atoms with Crippen molar-refractivity contribution in [3.8, 4) is 0 Å². The molecule has 1 aliphatic carbocycles.